The zero-order chi connectivity index (χ0) is 17.0. The molecule has 0 saturated heterocycles. The molecule has 2 rings (SSSR count). The number of aryl methyl sites for hydroxylation is 1. The number of anilines is 1. The van der Waals surface area contributed by atoms with E-state index in [-0.39, 0.29) is 18.6 Å². The Morgan fingerprint density at radius 2 is 1.65 bits per heavy atom. The first-order chi connectivity index (χ1) is 11.0. The van der Waals surface area contributed by atoms with Crippen molar-refractivity contribution >= 4 is 5.69 Å². The van der Waals surface area contributed by atoms with E-state index in [9.17, 15) is 17.6 Å². The average molecular weight is 327 g/mol. The van der Waals surface area contributed by atoms with E-state index in [0.29, 0.717) is 18.5 Å². The fourth-order valence-corrected chi connectivity index (χ4v) is 2.39. The van der Waals surface area contributed by atoms with Crippen LogP contribution in [0.15, 0.2) is 24.3 Å². The third-order valence-electron chi connectivity index (χ3n) is 3.45. The van der Waals surface area contributed by atoms with Crippen LogP contribution in [0.4, 0.5) is 23.2 Å². The van der Waals surface area contributed by atoms with Gasteiger partial charge in [-0.2, -0.15) is 4.39 Å². The molecule has 2 nitrogen and oxygen atoms in total. The summed E-state index contributed by atoms with van der Waals surface area (Å²) in [7, 11) is 0. The zero-order valence-electron chi connectivity index (χ0n) is 12.6. The molecule has 0 aliphatic heterocycles. The molecule has 23 heavy (non-hydrogen) atoms. The van der Waals surface area contributed by atoms with Gasteiger partial charge in [0.05, 0.1) is 6.61 Å². The van der Waals surface area contributed by atoms with Gasteiger partial charge in [0.2, 0.25) is 11.6 Å². The fourth-order valence-electron chi connectivity index (χ4n) is 2.39. The lowest BCUT2D eigenvalue weighted by molar-refractivity contribution is 0.296. The van der Waals surface area contributed by atoms with E-state index >= 15 is 0 Å². The van der Waals surface area contributed by atoms with E-state index in [0.717, 1.165) is 5.56 Å². The molecule has 0 aromatic heterocycles. The van der Waals surface area contributed by atoms with Crippen LogP contribution >= 0.6 is 0 Å². The molecule has 2 N–H and O–H groups in total. The number of hydrogen-bond donors (Lipinski definition) is 1. The van der Waals surface area contributed by atoms with Crippen molar-refractivity contribution in [2.24, 2.45) is 0 Å². The Labute approximate surface area is 131 Å². The lowest BCUT2D eigenvalue weighted by Crippen LogP contribution is -2.08. The van der Waals surface area contributed by atoms with Crippen LogP contribution in [0.1, 0.15) is 24.5 Å². The van der Waals surface area contributed by atoms with Gasteiger partial charge in [-0.15, -0.1) is 0 Å². The van der Waals surface area contributed by atoms with Crippen molar-refractivity contribution in [3.63, 3.8) is 0 Å². The monoisotopic (exact) mass is 327 g/mol. The lowest BCUT2D eigenvalue weighted by Gasteiger charge is -2.14. The number of rotatable bonds is 6. The molecule has 0 radical (unpaired) electrons. The predicted molar refractivity (Wildman–Crippen MR) is 80.3 cm³/mol. The summed E-state index contributed by atoms with van der Waals surface area (Å²) in [6, 6.07) is 7.14. The summed E-state index contributed by atoms with van der Waals surface area (Å²) in [4.78, 5) is 0. The van der Waals surface area contributed by atoms with Gasteiger partial charge in [-0.25, -0.2) is 13.2 Å². The predicted octanol–water partition coefficient (Wildman–Crippen LogP) is 4.40. The molecule has 0 fully saturated rings. The van der Waals surface area contributed by atoms with Crippen LogP contribution < -0.4 is 10.5 Å². The summed E-state index contributed by atoms with van der Waals surface area (Å²) >= 11 is 0. The Balaban J connectivity index is 2.21. The number of benzene rings is 2. The Morgan fingerprint density at radius 1 is 0.957 bits per heavy atom. The molecule has 6 heteroatoms. The molecule has 0 amide bonds. The molecular formula is C17H17F4NO. The van der Waals surface area contributed by atoms with Crippen LogP contribution in [-0.2, 0) is 12.8 Å². The third kappa shape index (κ3) is 3.75. The minimum absolute atomic E-state index is 0.0175. The second kappa shape index (κ2) is 7.35. The van der Waals surface area contributed by atoms with Crippen LogP contribution in [0.25, 0.3) is 0 Å². The molecular weight excluding hydrogens is 310 g/mol. The normalized spacial score (nSPS) is 10.8. The largest absolute Gasteiger partial charge is 0.490 e. The van der Waals surface area contributed by atoms with E-state index in [1.54, 1.807) is 25.1 Å². The van der Waals surface area contributed by atoms with Crippen molar-refractivity contribution in [3.8, 4) is 5.75 Å². The van der Waals surface area contributed by atoms with Gasteiger partial charge < -0.3 is 10.5 Å². The molecule has 124 valence electrons. The van der Waals surface area contributed by atoms with Crippen molar-refractivity contribution in [3.05, 3.63) is 58.7 Å². The van der Waals surface area contributed by atoms with Crippen molar-refractivity contribution in [1.82, 2.24) is 0 Å². The van der Waals surface area contributed by atoms with E-state index in [1.165, 1.54) is 0 Å². The van der Waals surface area contributed by atoms with Gasteiger partial charge in [0, 0.05) is 11.3 Å². The summed E-state index contributed by atoms with van der Waals surface area (Å²) in [5, 5.41) is 0. The first-order valence-corrected chi connectivity index (χ1v) is 7.27. The lowest BCUT2D eigenvalue weighted by atomic mass is 10.0. The number of ether oxygens (including phenoxy) is 1. The second-order valence-corrected chi connectivity index (χ2v) is 5.10. The Bertz CT molecular complexity index is 703. The van der Waals surface area contributed by atoms with Crippen LogP contribution in [-0.4, -0.2) is 6.61 Å². The summed E-state index contributed by atoms with van der Waals surface area (Å²) in [6.45, 7) is 1.57. The molecule has 2 aromatic carbocycles. The van der Waals surface area contributed by atoms with Gasteiger partial charge in [0.1, 0.15) is 0 Å². The van der Waals surface area contributed by atoms with E-state index in [1.807, 2.05) is 6.07 Å². The summed E-state index contributed by atoms with van der Waals surface area (Å²) < 4.78 is 59.4. The van der Waals surface area contributed by atoms with E-state index in [2.05, 4.69) is 0 Å². The van der Waals surface area contributed by atoms with Gasteiger partial charge in [-0.3, -0.25) is 0 Å². The van der Waals surface area contributed by atoms with Gasteiger partial charge in [0.15, 0.2) is 17.4 Å². The topological polar surface area (TPSA) is 35.2 Å². The van der Waals surface area contributed by atoms with Crippen molar-refractivity contribution < 1.29 is 22.3 Å². The highest BCUT2D eigenvalue weighted by molar-refractivity contribution is 5.41. The van der Waals surface area contributed by atoms with Crippen LogP contribution in [0, 0.1) is 23.3 Å². The summed E-state index contributed by atoms with van der Waals surface area (Å²) in [5.41, 5.74) is 6.90. The van der Waals surface area contributed by atoms with Crippen LogP contribution in [0.5, 0.6) is 5.75 Å². The highest BCUT2D eigenvalue weighted by atomic mass is 19.2. The van der Waals surface area contributed by atoms with Gasteiger partial charge in [-0.05, 0) is 43.9 Å². The SMILES string of the molecule is CCOc1c(F)c(F)c(F)c(F)c1CCCc1cccc(N)c1. The number of nitrogens with two attached hydrogens (primary N) is 1. The molecule has 0 unspecified atom stereocenters. The Kier molecular flexibility index (Phi) is 5.47. The van der Waals surface area contributed by atoms with E-state index < -0.39 is 29.0 Å². The Hall–Kier alpha value is -2.24. The summed E-state index contributed by atoms with van der Waals surface area (Å²) in [5.74, 6) is -7.13. The average Bonchev–Trinajstić information content (AvgIpc) is 2.53. The van der Waals surface area contributed by atoms with Crippen LogP contribution in [0.2, 0.25) is 0 Å². The molecule has 0 spiro atoms. The number of nitrogen functional groups attached to an aromatic ring is 1. The maximum absolute atomic E-state index is 13.9. The molecule has 0 aliphatic rings. The molecule has 0 aliphatic carbocycles. The second-order valence-electron chi connectivity index (χ2n) is 5.10. The smallest absolute Gasteiger partial charge is 0.204 e. The maximum atomic E-state index is 13.9. The molecule has 0 saturated carbocycles. The first-order valence-electron chi connectivity index (χ1n) is 7.27. The fraction of sp³-hybridized carbons (Fsp3) is 0.294. The van der Waals surface area contributed by atoms with Crippen molar-refractivity contribution in [2.75, 3.05) is 12.3 Å². The van der Waals surface area contributed by atoms with Gasteiger partial charge in [0.25, 0.3) is 0 Å². The molecule has 0 bridgehead atoms. The molecule has 2 aromatic rings. The maximum Gasteiger partial charge on any atom is 0.204 e. The highest BCUT2D eigenvalue weighted by Gasteiger charge is 2.26. The zero-order valence-corrected chi connectivity index (χ0v) is 12.6. The standard InChI is InChI=1S/C17H17F4NO/c1-2-23-17-12(13(18)14(19)15(20)16(17)21)8-4-6-10-5-3-7-11(22)9-10/h3,5,7,9H,2,4,6,8,22H2,1H3. The van der Waals surface area contributed by atoms with Crippen molar-refractivity contribution in [2.45, 2.75) is 26.2 Å². The van der Waals surface area contributed by atoms with E-state index in [4.69, 9.17) is 10.5 Å². The number of halogens is 4. The molecule has 0 atom stereocenters. The summed E-state index contributed by atoms with van der Waals surface area (Å²) in [6.07, 6.45) is 0.964. The van der Waals surface area contributed by atoms with Gasteiger partial charge in [-0.1, -0.05) is 12.1 Å². The Morgan fingerprint density at radius 3 is 2.30 bits per heavy atom. The quantitative estimate of drug-likeness (QED) is 0.369. The third-order valence-corrected chi connectivity index (χ3v) is 3.45. The van der Waals surface area contributed by atoms with Crippen LogP contribution in [0.3, 0.4) is 0 Å². The van der Waals surface area contributed by atoms with Gasteiger partial charge >= 0.3 is 0 Å². The molecule has 0 heterocycles. The minimum atomic E-state index is -1.86. The van der Waals surface area contributed by atoms with Crippen molar-refractivity contribution in [1.29, 1.82) is 0 Å². The highest BCUT2D eigenvalue weighted by Crippen LogP contribution is 2.31. The first kappa shape index (κ1) is 17.1. The minimum Gasteiger partial charge on any atom is -0.490 e. The number of hydrogen-bond acceptors (Lipinski definition) is 2.